The molecular weight excluding hydrogens is 208 g/mol. The summed E-state index contributed by atoms with van der Waals surface area (Å²) in [6, 6.07) is 14.9. The summed E-state index contributed by atoms with van der Waals surface area (Å²) in [5.41, 5.74) is 7.00. The topological polar surface area (TPSA) is 29.3 Å². The second-order valence-electron chi connectivity index (χ2n) is 5.11. The van der Waals surface area contributed by atoms with Crippen LogP contribution in [0.15, 0.2) is 42.5 Å². The molecule has 0 unspecified atom stereocenters. The molecule has 0 aromatic heterocycles. The van der Waals surface area contributed by atoms with E-state index in [2.05, 4.69) is 68.3 Å². The van der Waals surface area contributed by atoms with Gasteiger partial charge in [-0.05, 0) is 36.8 Å². The highest BCUT2D eigenvalue weighted by molar-refractivity contribution is 5.85. The lowest BCUT2D eigenvalue weighted by Gasteiger charge is -2.36. The average molecular weight is 228 g/mol. The first-order valence-corrected chi connectivity index (χ1v) is 5.97. The minimum atomic E-state index is -0.0253. The molecule has 0 aliphatic carbocycles. The molecule has 2 rings (SSSR count). The Labute approximate surface area is 103 Å². The number of likely N-dealkylation sites (N-methyl/N-ethyl adjacent to an activating group) is 1. The quantitative estimate of drug-likeness (QED) is 0.875. The maximum atomic E-state index is 5.82. The third-order valence-corrected chi connectivity index (χ3v) is 3.53. The van der Waals surface area contributed by atoms with Gasteiger partial charge in [-0.25, -0.2) is 0 Å². The van der Waals surface area contributed by atoms with Gasteiger partial charge in [0.15, 0.2) is 0 Å². The third kappa shape index (κ3) is 2.27. The van der Waals surface area contributed by atoms with E-state index in [9.17, 15) is 0 Å². The Morgan fingerprint density at radius 1 is 1.06 bits per heavy atom. The Hall–Kier alpha value is -1.54. The van der Waals surface area contributed by atoms with Crippen molar-refractivity contribution in [3.8, 4) is 0 Å². The molecule has 2 aromatic carbocycles. The maximum Gasteiger partial charge on any atom is 0.0464 e. The number of anilines is 1. The van der Waals surface area contributed by atoms with E-state index in [1.54, 1.807) is 0 Å². The Morgan fingerprint density at radius 2 is 1.71 bits per heavy atom. The van der Waals surface area contributed by atoms with Crippen LogP contribution in [-0.4, -0.2) is 19.1 Å². The molecule has 0 saturated heterocycles. The fourth-order valence-corrected chi connectivity index (χ4v) is 1.87. The molecule has 0 bridgehead atoms. The second-order valence-corrected chi connectivity index (χ2v) is 5.11. The van der Waals surface area contributed by atoms with E-state index in [4.69, 9.17) is 5.73 Å². The number of rotatable bonds is 3. The van der Waals surface area contributed by atoms with Crippen molar-refractivity contribution in [3.05, 3.63) is 42.5 Å². The first kappa shape index (κ1) is 11.9. The Kier molecular flexibility index (Phi) is 3.07. The average Bonchev–Trinajstić information content (AvgIpc) is 2.37. The van der Waals surface area contributed by atoms with Crippen molar-refractivity contribution in [2.75, 3.05) is 18.5 Å². The fraction of sp³-hybridized carbons (Fsp3) is 0.333. The summed E-state index contributed by atoms with van der Waals surface area (Å²) in [6.07, 6.45) is 0. The molecule has 0 atom stereocenters. The first-order valence-electron chi connectivity index (χ1n) is 5.97. The van der Waals surface area contributed by atoms with Crippen molar-refractivity contribution >= 4 is 16.5 Å². The van der Waals surface area contributed by atoms with Crippen molar-refractivity contribution in [1.82, 2.24) is 0 Å². The molecule has 0 aliphatic rings. The van der Waals surface area contributed by atoms with Gasteiger partial charge >= 0.3 is 0 Å². The van der Waals surface area contributed by atoms with Crippen LogP contribution in [0.5, 0.6) is 0 Å². The highest BCUT2D eigenvalue weighted by atomic mass is 15.2. The van der Waals surface area contributed by atoms with Crippen LogP contribution in [0.25, 0.3) is 10.8 Å². The zero-order valence-electron chi connectivity index (χ0n) is 10.8. The van der Waals surface area contributed by atoms with Gasteiger partial charge in [0.25, 0.3) is 0 Å². The van der Waals surface area contributed by atoms with Gasteiger partial charge in [0.1, 0.15) is 0 Å². The van der Waals surface area contributed by atoms with Crippen molar-refractivity contribution in [1.29, 1.82) is 0 Å². The molecule has 0 aliphatic heterocycles. The zero-order chi connectivity index (χ0) is 12.5. The van der Waals surface area contributed by atoms with E-state index >= 15 is 0 Å². The lowest BCUT2D eigenvalue weighted by atomic mass is 10.0. The SMILES string of the molecule is CN(c1ccc2ccccc2c1)C(C)(C)CN. The monoisotopic (exact) mass is 228 g/mol. The summed E-state index contributed by atoms with van der Waals surface area (Å²) in [6.45, 7) is 4.95. The molecule has 0 spiro atoms. The summed E-state index contributed by atoms with van der Waals surface area (Å²) in [5.74, 6) is 0. The predicted molar refractivity (Wildman–Crippen MR) is 75.5 cm³/mol. The molecule has 0 amide bonds. The van der Waals surface area contributed by atoms with Crippen LogP contribution in [0.2, 0.25) is 0 Å². The van der Waals surface area contributed by atoms with Crippen LogP contribution in [0.4, 0.5) is 5.69 Å². The van der Waals surface area contributed by atoms with E-state index in [1.165, 1.54) is 16.5 Å². The van der Waals surface area contributed by atoms with E-state index in [-0.39, 0.29) is 5.54 Å². The van der Waals surface area contributed by atoms with Crippen LogP contribution in [0.1, 0.15) is 13.8 Å². The van der Waals surface area contributed by atoms with Crippen LogP contribution >= 0.6 is 0 Å². The summed E-state index contributed by atoms with van der Waals surface area (Å²) in [4.78, 5) is 2.24. The highest BCUT2D eigenvalue weighted by Crippen LogP contribution is 2.25. The first-order chi connectivity index (χ1) is 8.04. The smallest absolute Gasteiger partial charge is 0.0464 e. The second kappa shape index (κ2) is 4.38. The fourth-order valence-electron chi connectivity index (χ4n) is 1.87. The van der Waals surface area contributed by atoms with Gasteiger partial charge < -0.3 is 10.6 Å². The minimum Gasteiger partial charge on any atom is -0.368 e. The zero-order valence-corrected chi connectivity index (χ0v) is 10.8. The van der Waals surface area contributed by atoms with Crippen LogP contribution < -0.4 is 10.6 Å². The van der Waals surface area contributed by atoms with Gasteiger partial charge in [-0.3, -0.25) is 0 Å². The van der Waals surface area contributed by atoms with E-state index in [1.807, 2.05) is 0 Å². The standard InChI is InChI=1S/C15H20N2/c1-15(2,11-16)17(3)14-9-8-12-6-4-5-7-13(12)10-14/h4-10H,11,16H2,1-3H3. The van der Waals surface area contributed by atoms with Gasteiger partial charge in [0.2, 0.25) is 0 Å². The van der Waals surface area contributed by atoms with Crippen LogP contribution in [0.3, 0.4) is 0 Å². The molecule has 2 N–H and O–H groups in total. The van der Waals surface area contributed by atoms with E-state index in [0.717, 1.165) is 0 Å². The molecule has 0 saturated carbocycles. The summed E-state index contributed by atoms with van der Waals surface area (Å²) in [7, 11) is 2.09. The summed E-state index contributed by atoms with van der Waals surface area (Å²) in [5, 5.41) is 2.54. The van der Waals surface area contributed by atoms with E-state index in [0.29, 0.717) is 6.54 Å². The lowest BCUT2D eigenvalue weighted by Crippen LogP contribution is -2.47. The Morgan fingerprint density at radius 3 is 2.35 bits per heavy atom. The van der Waals surface area contributed by atoms with E-state index < -0.39 is 0 Å². The number of hydrogen-bond donors (Lipinski definition) is 1. The predicted octanol–water partition coefficient (Wildman–Crippen LogP) is 3.01. The highest BCUT2D eigenvalue weighted by Gasteiger charge is 2.21. The van der Waals surface area contributed by atoms with Gasteiger partial charge in [0.05, 0.1) is 0 Å². The molecule has 0 heterocycles. The maximum absolute atomic E-state index is 5.82. The molecule has 90 valence electrons. The molecule has 2 nitrogen and oxygen atoms in total. The van der Waals surface area contributed by atoms with Gasteiger partial charge in [-0.15, -0.1) is 0 Å². The van der Waals surface area contributed by atoms with Gasteiger partial charge in [-0.1, -0.05) is 30.3 Å². The Bertz CT molecular complexity index is 517. The summed E-state index contributed by atoms with van der Waals surface area (Å²) >= 11 is 0. The molecule has 0 fully saturated rings. The molecule has 17 heavy (non-hydrogen) atoms. The molecule has 0 radical (unpaired) electrons. The number of hydrogen-bond acceptors (Lipinski definition) is 2. The van der Waals surface area contributed by atoms with Crippen LogP contribution in [0, 0.1) is 0 Å². The number of fused-ring (bicyclic) bond motifs is 1. The van der Waals surface area contributed by atoms with Crippen molar-refractivity contribution in [2.24, 2.45) is 5.73 Å². The van der Waals surface area contributed by atoms with Gasteiger partial charge in [0, 0.05) is 24.8 Å². The molecule has 2 aromatic rings. The summed E-state index contributed by atoms with van der Waals surface area (Å²) < 4.78 is 0. The number of benzene rings is 2. The van der Waals surface area contributed by atoms with Crippen molar-refractivity contribution in [3.63, 3.8) is 0 Å². The normalized spacial score (nSPS) is 11.8. The number of nitrogens with zero attached hydrogens (tertiary/aromatic N) is 1. The largest absolute Gasteiger partial charge is 0.368 e. The van der Waals surface area contributed by atoms with Gasteiger partial charge in [-0.2, -0.15) is 0 Å². The van der Waals surface area contributed by atoms with Crippen molar-refractivity contribution < 1.29 is 0 Å². The van der Waals surface area contributed by atoms with Crippen LogP contribution in [-0.2, 0) is 0 Å². The molecular formula is C15H20N2. The molecule has 2 heteroatoms. The lowest BCUT2D eigenvalue weighted by molar-refractivity contribution is 0.499. The minimum absolute atomic E-state index is 0.0253. The number of nitrogens with two attached hydrogens (primary N) is 1. The Balaban J connectivity index is 2.43. The van der Waals surface area contributed by atoms with Crippen molar-refractivity contribution in [2.45, 2.75) is 19.4 Å². The third-order valence-electron chi connectivity index (χ3n) is 3.53.